The van der Waals surface area contributed by atoms with Crippen molar-refractivity contribution in [2.75, 3.05) is 0 Å². The van der Waals surface area contributed by atoms with E-state index in [4.69, 9.17) is 10.5 Å². The summed E-state index contributed by atoms with van der Waals surface area (Å²) in [6.07, 6.45) is -0.678. The van der Waals surface area contributed by atoms with Gasteiger partial charge in [0, 0.05) is 16.0 Å². The number of carboxylic acids is 1. The normalized spacial score (nSPS) is 16.4. The number of thiophene rings is 1. The molecule has 4 rings (SSSR count). The number of carbonyl (C=O) groups is 1. The van der Waals surface area contributed by atoms with Gasteiger partial charge in [-0.2, -0.15) is 0 Å². The van der Waals surface area contributed by atoms with Crippen LogP contribution in [0.3, 0.4) is 0 Å². The molecule has 4 nitrogen and oxygen atoms in total. The maximum Gasteiger partial charge on any atom is 0.323 e. The first-order valence-electron chi connectivity index (χ1n) is 8.87. The summed E-state index contributed by atoms with van der Waals surface area (Å²) < 4.78 is 6.60. The Hall–Kier alpha value is -2.47. The van der Waals surface area contributed by atoms with Gasteiger partial charge in [0.25, 0.3) is 0 Å². The predicted molar refractivity (Wildman–Crippen MR) is 107 cm³/mol. The van der Waals surface area contributed by atoms with Crippen LogP contribution in [-0.2, 0) is 15.1 Å². The zero-order valence-electron chi connectivity index (χ0n) is 15.2. The summed E-state index contributed by atoms with van der Waals surface area (Å²) in [5, 5.41) is 11.4. The second-order valence-corrected chi connectivity index (χ2v) is 7.81. The Morgan fingerprint density at radius 3 is 2.11 bits per heavy atom. The second-order valence-electron chi connectivity index (χ2n) is 6.89. The van der Waals surface area contributed by atoms with Crippen LogP contribution < -0.4 is 5.73 Å². The third kappa shape index (κ3) is 2.62. The highest BCUT2D eigenvalue weighted by Gasteiger charge is 2.49. The van der Waals surface area contributed by atoms with Crippen molar-refractivity contribution in [1.82, 2.24) is 0 Å². The lowest BCUT2D eigenvalue weighted by Crippen LogP contribution is -2.46. The Bertz CT molecular complexity index is 965. The Kier molecular flexibility index (Phi) is 4.38. The van der Waals surface area contributed by atoms with Crippen LogP contribution in [0.25, 0.3) is 11.1 Å². The Labute approximate surface area is 162 Å². The molecule has 1 aliphatic carbocycles. The average Bonchev–Trinajstić information content (AvgIpc) is 3.22. The van der Waals surface area contributed by atoms with Gasteiger partial charge in [0.05, 0.1) is 6.10 Å². The van der Waals surface area contributed by atoms with E-state index in [0.717, 1.165) is 32.7 Å². The van der Waals surface area contributed by atoms with Gasteiger partial charge in [0.15, 0.2) is 5.60 Å². The molecule has 1 heterocycles. The van der Waals surface area contributed by atoms with Crippen molar-refractivity contribution >= 4 is 17.3 Å². The van der Waals surface area contributed by atoms with Gasteiger partial charge in [-0.25, -0.2) is 0 Å². The van der Waals surface area contributed by atoms with Crippen LogP contribution in [0.5, 0.6) is 0 Å². The fraction of sp³-hybridized carbons (Fsp3) is 0.227. The van der Waals surface area contributed by atoms with Crippen molar-refractivity contribution < 1.29 is 14.6 Å². The Morgan fingerprint density at radius 1 is 1.07 bits per heavy atom. The molecule has 0 amide bonds. The van der Waals surface area contributed by atoms with E-state index in [1.807, 2.05) is 29.6 Å². The number of carboxylic acid groups (broad SMARTS) is 1. The molecule has 2 atom stereocenters. The fourth-order valence-corrected chi connectivity index (χ4v) is 5.00. The van der Waals surface area contributed by atoms with Crippen molar-refractivity contribution in [3.05, 3.63) is 81.5 Å². The van der Waals surface area contributed by atoms with Crippen LogP contribution in [-0.4, -0.2) is 23.2 Å². The van der Waals surface area contributed by atoms with Gasteiger partial charge in [-0.15, -0.1) is 11.3 Å². The quantitative estimate of drug-likeness (QED) is 0.699. The molecule has 0 radical (unpaired) electrons. The number of hydrogen-bond donors (Lipinski definition) is 2. The van der Waals surface area contributed by atoms with Crippen LogP contribution in [0.1, 0.15) is 28.5 Å². The topological polar surface area (TPSA) is 72.5 Å². The highest BCUT2D eigenvalue weighted by atomic mass is 32.1. The zero-order valence-corrected chi connectivity index (χ0v) is 16.0. The van der Waals surface area contributed by atoms with E-state index >= 15 is 0 Å². The molecule has 5 heteroatoms. The largest absolute Gasteiger partial charge is 0.480 e. The molecule has 27 heavy (non-hydrogen) atoms. The van der Waals surface area contributed by atoms with Crippen molar-refractivity contribution in [3.8, 4) is 11.1 Å². The van der Waals surface area contributed by atoms with Crippen LogP contribution in [0.4, 0.5) is 0 Å². The van der Waals surface area contributed by atoms with E-state index in [9.17, 15) is 9.90 Å². The minimum atomic E-state index is -1.11. The molecule has 0 bridgehead atoms. The van der Waals surface area contributed by atoms with Gasteiger partial charge < -0.3 is 15.6 Å². The molecule has 2 aromatic carbocycles. The highest BCUT2D eigenvalue weighted by molar-refractivity contribution is 7.10. The third-order valence-corrected chi connectivity index (χ3v) is 6.36. The summed E-state index contributed by atoms with van der Waals surface area (Å²) >= 11 is 1.62. The van der Waals surface area contributed by atoms with Crippen LogP contribution >= 0.6 is 11.3 Å². The van der Waals surface area contributed by atoms with E-state index in [-0.39, 0.29) is 0 Å². The summed E-state index contributed by atoms with van der Waals surface area (Å²) in [4.78, 5) is 12.5. The minimum Gasteiger partial charge on any atom is -0.480 e. The molecule has 0 spiro atoms. The molecule has 0 fully saturated rings. The molecule has 0 saturated carbocycles. The van der Waals surface area contributed by atoms with Gasteiger partial charge in [0.1, 0.15) is 6.04 Å². The monoisotopic (exact) mass is 379 g/mol. The van der Waals surface area contributed by atoms with Crippen LogP contribution in [0.2, 0.25) is 0 Å². The standard InChI is InChI=1S/C22H21NO3S/c1-13-11-12-27-20(13)22(26-14(2)19(23)21(24)25)17-9-5-3-7-15(17)16-8-4-6-10-18(16)22/h3-12,14,19H,23H2,1-2H3,(H,24,25)/t14-,19+/m1/s1. The molecular weight excluding hydrogens is 358 g/mol. The number of rotatable bonds is 5. The van der Waals surface area contributed by atoms with Gasteiger partial charge in [0.2, 0.25) is 0 Å². The summed E-state index contributed by atoms with van der Waals surface area (Å²) in [7, 11) is 0. The van der Waals surface area contributed by atoms with E-state index in [1.165, 1.54) is 0 Å². The number of aliphatic carboxylic acids is 1. The van der Waals surface area contributed by atoms with Crippen LogP contribution in [0, 0.1) is 6.92 Å². The SMILES string of the molecule is Cc1ccsc1C1(O[C@H](C)[C@H](N)C(=O)O)c2ccccc2-c2ccccc21. The van der Waals surface area contributed by atoms with Gasteiger partial charge >= 0.3 is 5.97 Å². The summed E-state index contributed by atoms with van der Waals surface area (Å²) in [6.45, 7) is 3.79. The molecule has 1 aromatic heterocycles. The third-order valence-electron chi connectivity index (χ3n) is 5.24. The fourth-order valence-electron chi connectivity index (χ4n) is 3.91. The van der Waals surface area contributed by atoms with Crippen molar-refractivity contribution in [1.29, 1.82) is 0 Å². The summed E-state index contributed by atoms with van der Waals surface area (Å²) in [6, 6.07) is 17.3. The molecule has 0 aliphatic heterocycles. The average molecular weight is 379 g/mol. The molecule has 0 unspecified atom stereocenters. The van der Waals surface area contributed by atoms with E-state index in [0.29, 0.717) is 0 Å². The van der Waals surface area contributed by atoms with E-state index in [2.05, 4.69) is 37.3 Å². The lowest BCUT2D eigenvalue weighted by molar-refractivity contribution is -0.144. The van der Waals surface area contributed by atoms with Gasteiger partial charge in [-0.3, -0.25) is 4.79 Å². The maximum atomic E-state index is 11.5. The number of hydrogen-bond acceptors (Lipinski definition) is 4. The maximum absolute atomic E-state index is 11.5. The van der Waals surface area contributed by atoms with Gasteiger partial charge in [-0.1, -0.05) is 48.5 Å². The number of benzene rings is 2. The molecular formula is C22H21NO3S. The Balaban J connectivity index is 2.00. The zero-order chi connectivity index (χ0) is 19.2. The van der Waals surface area contributed by atoms with Crippen molar-refractivity contribution in [3.63, 3.8) is 0 Å². The van der Waals surface area contributed by atoms with E-state index < -0.39 is 23.7 Å². The first kappa shape index (κ1) is 17.9. The molecule has 3 N–H and O–H groups in total. The summed E-state index contributed by atoms with van der Waals surface area (Å²) in [5.41, 5.74) is 10.4. The minimum absolute atomic E-state index is 0.678. The number of fused-ring (bicyclic) bond motifs is 3. The molecule has 3 aromatic rings. The number of aryl methyl sites for hydroxylation is 1. The van der Waals surface area contributed by atoms with E-state index in [1.54, 1.807) is 18.3 Å². The Morgan fingerprint density at radius 2 is 1.63 bits per heavy atom. The second kappa shape index (κ2) is 6.60. The first-order valence-corrected chi connectivity index (χ1v) is 9.75. The lowest BCUT2D eigenvalue weighted by Gasteiger charge is -2.36. The molecule has 0 saturated heterocycles. The molecule has 138 valence electrons. The predicted octanol–water partition coefficient (Wildman–Crippen LogP) is 4.15. The number of nitrogens with two attached hydrogens (primary N) is 1. The summed E-state index contributed by atoms with van der Waals surface area (Å²) in [5.74, 6) is -1.07. The van der Waals surface area contributed by atoms with Crippen molar-refractivity contribution in [2.24, 2.45) is 5.73 Å². The smallest absolute Gasteiger partial charge is 0.323 e. The number of ether oxygens (including phenoxy) is 1. The first-order chi connectivity index (χ1) is 13.0. The van der Waals surface area contributed by atoms with Gasteiger partial charge in [-0.05, 0) is 42.0 Å². The lowest BCUT2D eigenvalue weighted by atomic mass is 9.87. The van der Waals surface area contributed by atoms with Crippen LogP contribution in [0.15, 0.2) is 60.0 Å². The van der Waals surface area contributed by atoms with Crippen molar-refractivity contribution in [2.45, 2.75) is 31.6 Å². The highest BCUT2D eigenvalue weighted by Crippen LogP contribution is 2.55. The molecule has 1 aliphatic rings.